The predicted octanol–water partition coefficient (Wildman–Crippen LogP) is 3.54. The Morgan fingerprint density at radius 2 is 2.13 bits per heavy atom. The lowest BCUT2D eigenvalue weighted by molar-refractivity contribution is -0.121. The van der Waals surface area contributed by atoms with E-state index in [1.807, 2.05) is 29.0 Å². The Labute approximate surface area is 142 Å². The van der Waals surface area contributed by atoms with Gasteiger partial charge in [0.05, 0.1) is 6.42 Å². The number of halogens is 1. The molecule has 0 radical (unpaired) electrons. The first-order valence-corrected chi connectivity index (χ1v) is 8.30. The molecule has 0 aliphatic carbocycles. The lowest BCUT2D eigenvalue weighted by Crippen LogP contribution is -2.31. The van der Waals surface area contributed by atoms with Gasteiger partial charge in [0.15, 0.2) is 5.82 Å². The van der Waals surface area contributed by atoms with Crippen molar-refractivity contribution in [2.75, 3.05) is 0 Å². The second-order valence-electron chi connectivity index (χ2n) is 5.03. The second kappa shape index (κ2) is 6.93. The topological polar surface area (TPSA) is 68.0 Å². The van der Waals surface area contributed by atoms with Crippen molar-refractivity contribution in [2.45, 2.75) is 19.4 Å². The van der Waals surface area contributed by atoms with Gasteiger partial charge in [-0.05, 0) is 40.1 Å². The van der Waals surface area contributed by atoms with Crippen LogP contribution in [0.4, 0.5) is 0 Å². The van der Waals surface area contributed by atoms with E-state index >= 15 is 0 Å². The second-order valence-corrected chi connectivity index (χ2v) is 6.25. The fraction of sp³-hybridized carbons (Fsp3) is 0.188. The average Bonchev–Trinajstić information content (AvgIpc) is 3.17. The number of carbonyl (C=O) groups excluding carboxylic acids is 1. The lowest BCUT2D eigenvalue weighted by Gasteiger charge is -2.16. The minimum absolute atomic E-state index is 0.106. The number of carbonyl (C=O) groups is 1. The molecule has 3 aromatic rings. The van der Waals surface area contributed by atoms with Crippen molar-refractivity contribution in [3.05, 3.63) is 69.0 Å². The smallest absolute Gasteiger partial charge is 0.225 e. The molecule has 0 saturated carbocycles. The molecule has 2 heterocycles. The maximum absolute atomic E-state index is 12.3. The molecular weight excluding hydrogens is 334 g/mol. The third-order valence-corrected chi connectivity index (χ3v) is 4.24. The maximum atomic E-state index is 12.3. The fourth-order valence-corrected chi connectivity index (χ4v) is 2.97. The van der Waals surface area contributed by atoms with Crippen LogP contribution in [0.3, 0.4) is 0 Å². The zero-order chi connectivity index (χ0) is 16.2. The number of amides is 1. The van der Waals surface area contributed by atoms with Crippen LogP contribution in [0.25, 0.3) is 0 Å². The Balaban J connectivity index is 1.83. The summed E-state index contributed by atoms with van der Waals surface area (Å²) >= 11 is 7.49. The molecule has 0 fully saturated rings. The zero-order valence-corrected chi connectivity index (χ0v) is 13.9. The van der Waals surface area contributed by atoms with Crippen LogP contribution in [0.1, 0.15) is 28.9 Å². The molecule has 0 saturated heterocycles. The van der Waals surface area contributed by atoms with Gasteiger partial charge in [0, 0.05) is 11.9 Å². The van der Waals surface area contributed by atoms with E-state index in [-0.39, 0.29) is 5.91 Å². The van der Waals surface area contributed by atoms with Crippen molar-refractivity contribution in [1.82, 2.24) is 15.5 Å². The monoisotopic (exact) mass is 347 g/mol. The zero-order valence-electron chi connectivity index (χ0n) is 12.3. The first-order valence-electron chi connectivity index (χ1n) is 6.98. The SMILES string of the molecule is Cc1nc([C@@H](NC(=O)Cc2ccsc2)c2ccc(Cl)cc2)no1. The van der Waals surface area contributed by atoms with Crippen molar-refractivity contribution >= 4 is 28.8 Å². The van der Waals surface area contributed by atoms with Crippen molar-refractivity contribution < 1.29 is 9.32 Å². The van der Waals surface area contributed by atoms with E-state index in [4.69, 9.17) is 16.1 Å². The summed E-state index contributed by atoms with van der Waals surface area (Å²) in [4.78, 5) is 16.6. The van der Waals surface area contributed by atoms with E-state index in [2.05, 4.69) is 15.5 Å². The third kappa shape index (κ3) is 3.97. The summed E-state index contributed by atoms with van der Waals surface area (Å²) in [5, 5.41) is 11.4. The summed E-state index contributed by atoms with van der Waals surface area (Å²) in [6.07, 6.45) is 0.310. The molecule has 2 aromatic heterocycles. The van der Waals surface area contributed by atoms with Crippen LogP contribution in [-0.2, 0) is 11.2 Å². The Bertz CT molecular complexity index is 784. The molecule has 23 heavy (non-hydrogen) atoms. The van der Waals surface area contributed by atoms with E-state index in [0.29, 0.717) is 23.2 Å². The molecule has 0 spiro atoms. The van der Waals surface area contributed by atoms with Gasteiger partial charge in [0.25, 0.3) is 0 Å². The van der Waals surface area contributed by atoms with Crippen molar-refractivity contribution in [3.8, 4) is 0 Å². The Hall–Kier alpha value is -2.18. The van der Waals surface area contributed by atoms with Crippen LogP contribution in [0, 0.1) is 6.92 Å². The molecule has 118 valence electrons. The number of benzene rings is 1. The normalized spacial score (nSPS) is 12.1. The Morgan fingerprint density at radius 3 is 2.74 bits per heavy atom. The molecule has 0 aliphatic heterocycles. The first kappa shape index (κ1) is 15.7. The summed E-state index contributed by atoms with van der Waals surface area (Å²) in [5.74, 6) is 0.764. The Kier molecular flexibility index (Phi) is 4.73. The number of aromatic nitrogens is 2. The highest BCUT2D eigenvalue weighted by Crippen LogP contribution is 2.22. The van der Waals surface area contributed by atoms with Crippen LogP contribution in [0.15, 0.2) is 45.6 Å². The number of nitrogens with zero attached hydrogens (tertiary/aromatic N) is 2. The molecule has 1 atom stereocenters. The molecule has 7 heteroatoms. The first-order chi connectivity index (χ1) is 11.1. The van der Waals surface area contributed by atoms with Gasteiger partial charge in [0.2, 0.25) is 11.8 Å². The number of aryl methyl sites for hydroxylation is 1. The maximum Gasteiger partial charge on any atom is 0.225 e. The minimum atomic E-state index is -0.476. The standard InChI is InChI=1S/C16H14ClN3O2S/c1-10-18-16(20-22-10)15(12-2-4-13(17)5-3-12)19-14(21)8-11-6-7-23-9-11/h2-7,9,15H,8H2,1H3,(H,19,21)/t15-/m0/s1. The molecule has 0 unspecified atom stereocenters. The lowest BCUT2D eigenvalue weighted by atomic mass is 10.1. The number of hydrogen-bond acceptors (Lipinski definition) is 5. The molecule has 1 N–H and O–H groups in total. The van der Waals surface area contributed by atoms with E-state index in [0.717, 1.165) is 11.1 Å². The van der Waals surface area contributed by atoms with Crippen LogP contribution in [-0.4, -0.2) is 16.0 Å². The summed E-state index contributed by atoms with van der Waals surface area (Å²) in [7, 11) is 0. The predicted molar refractivity (Wildman–Crippen MR) is 88.5 cm³/mol. The van der Waals surface area contributed by atoms with Gasteiger partial charge in [-0.25, -0.2) is 0 Å². The molecule has 0 bridgehead atoms. The van der Waals surface area contributed by atoms with Gasteiger partial charge < -0.3 is 9.84 Å². The third-order valence-electron chi connectivity index (χ3n) is 3.25. The van der Waals surface area contributed by atoms with Crippen LogP contribution in [0.2, 0.25) is 5.02 Å². The van der Waals surface area contributed by atoms with Crippen molar-refractivity contribution in [3.63, 3.8) is 0 Å². The van der Waals surface area contributed by atoms with Gasteiger partial charge in [0.1, 0.15) is 6.04 Å². The summed E-state index contributed by atoms with van der Waals surface area (Å²) in [6, 6.07) is 8.66. The van der Waals surface area contributed by atoms with Gasteiger partial charge in [-0.1, -0.05) is 28.9 Å². The average molecular weight is 348 g/mol. The molecule has 3 rings (SSSR count). The number of rotatable bonds is 5. The van der Waals surface area contributed by atoms with Crippen LogP contribution >= 0.6 is 22.9 Å². The van der Waals surface area contributed by atoms with E-state index < -0.39 is 6.04 Å². The van der Waals surface area contributed by atoms with Gasteiger partial charge in [-0.3, -0.25) is 4.79 Å². The fourth-order valence-electron chi connectivity index (χ4n) is 2.18. The Morgan fingerprint density at radius 1 is 1.35 bits per heavy atom. The summed E-state index contributed by atoms with van der Waals surface area (Å²) < 4.78 is 5.04. The molecule has 1 amide bonds. The summed E-state index contributed by atoms with van der Waals surface area (Å²) in [6.45, 7) is 1.71. The number of nitrogens with one attached hydrogen (secondary N) is 1. The highest BCUT2D eigenvalue weighted by Gasteiger charge is 2.22. The van der Waals surface area contributed by atoms with Crippen molar-refractivity contribution in [2.24, 2.45) is 0 Å². The molecule has 5 nitrogen and oxygen atoms in total. The van der Waals surface area contributed by atoms with Gasteiger partial charge in [-0.2, -0.15) is 16.3 Å². The molecule has 0 aliphatic rings. The highest BCUT2D eigenvalue weighted by atomic mass is 35.5. The minimum Gasteiger partial charge on any atom is -0.342 e. The molecular formula is C16H14ClN3O2S. The van der Waals surface area contributed by atoms with Crippen molar-refractivity contribution in [1.29, 1.82) is 0 Å². The van der Waals surface area contributed by atoms with E-state index in [1.54, 1.807) is 30.4 Å². The van der Waals surface area contributed by atoms with Crippen LogP contribution < -0.4 is 5.32 Å². The summed E-state index contributed by atoms with van der Waals surface area (Å²) in [5.41, 5.74) is 1.82. The largest absolute Gasteiger partial charge is 0.342 e. The van der Waals surface area contributed by atoms with Gasteiger partial charge >= 0.3 is 0 Å². The molecule has 1 aromatic carbocycles. The highest BCUT2D eigenvalue weighted by molar-refractivity contribution is 7.08. The number of hydrogen-bond donors (Lipinski definition) is 1. The van der Waals surface area contributed by atoms with Crippen LogP contribution in [0.5, 0.6) is 0 Å². The quantitative estimate of drug-likeness (QED) is 0.766. The van der Waals surface area contributed by atoms with Gasteiger partial charge in [-0.15, -0.1) is 0 Å². The van der Waals surface area contributed by atoms with E-state index in [9.17, 15) is 4.79 Å². The number of thiophene rings is 1. The van der Waals surface area contributed by atoms with E-state index in [1.165, 1.54) is 0 Å².